The van der Waals surface area contributed by atoms with Gasteiger partial charge in [0.1, 0.15) is 17.1 Å². The number of carbonyl (C=O) groups excluding carboxylic acids is 1. The molecule has 3 aromatic rings. The number of phenolic OH excluding ortho intramolecular Hbond substituents is 1. The normalized spacial score (nSPS) is 16.0. The monoisotopic (exact) mass is 361 g/mol. The van der Waals surface area contributed by atoms with Crippen LogP contribution >= 0.6 is 0 Å². The average Bonchev–Trinajstić information content (AvgIpc) is 2.67. The van der Waals surface area contributed by atoms with Gasteiger partial charge in [-0.25, -0.2) is 4.79 Å². The van der Waals surface area contributed by atoms with E-state index >= 15 is 0 Å². The maximum Gasteiger partial charge on any atom is 0.340 e. The van der Waals surface area contributed by atoms with Crippen molar-refractivity contribution in [3.8, 4) is 11.5 Å². The summed E-state index contributed by atoms with van der Waals surface area (Å²) in [4.78, 5) is 12.7. The zero-order chi connectivity index (χ0) is 19.0. The molecule has 0 amide bonds. The van der Waals surface area contributed by atoms with Gasteiger partial charge in [-0.2, -0.15) is 0 Å². The maximum atomic E-state index is 12.7. The molecular formula is C22H19NO4. The number of fused-ring (bicyclic) bond motifs is 3. The lowest BCUT2D eigenvalue weighted by molar-refractivity contribution is -0.139. The number of nitrogens with two attached hydrogens (primary N) is 1. The molecular weight excluding hydrogens is 342 g/mol. The lowest BCUT2D eigenvalue weighted by Gasteiger charge is -2.29. The highest BCUT2D eigenvalue weighted by atomic mass is 16.5. The summed E-state index contributed by atoms with van der Waals surface area (Å²) in [6.07, 6.45) is 0. The zero-order valence-corrected chi connectivity index (χ0v) is 14.8. The third-order valence-corrected chi connectivity index (χ3v) is 4.70. The molecule has 4 rings (SSSR count). The van der Waals surface area contributed by atoms with Crippen LogP contribution in [0.4, 0.5) is 0 Å². The second kappa shape index (κ2) is 6.68. The van der Waals surface area contributed by atoms with Crippen LogP contribution in [0.3, 0.4) is 0 Å². The molecule has 3 N–H and O–H groups in total. The number of carbonyl (C=O) groups is 1. The number of esters is 1. The summed E-state index contributed by atoms with van der Waals surface area (Å²) in [5, 5.41) is 11.8. The van der Waals surface area contributed by atoms with Crippen molar-refractivity contribution in [3.05, 3.63) is 83.2 Å². The van der Waals surface area contributed by atoms with Gasteiger partial charge in [0.15, 0.2) is 0 Å². The molecule has 0 saturated heterocycles. The van der Waals surface area contributed by atoms with Crippen molar-refractivity contribution in [1.82, 2.24) is 0 Å². The number of hydrogen-bond acceptors (Lipinski definition) is 5. The number of hydrogen-bond donors (Lipinski definition) is 2. The van der Waals surface area contributed by atoms with E-state index in [4.69, 9.17) is 15.2 Å². The van der Waals surface area contributed by atoms with Gasteiger partial charge in [0.05, 0.1) is 12.5 Å². The highest BCUT2D eigenvalue weighted by molar-refractivity contribution is 5.97. The lowest BCUT2D eigenvalue weighted by Crippen LogP contribution is -2.27. The third kappa shape index (κ3) is 2.87. The molecule has 1 atom stereocenters. The predicted molar refractivity (Wildman–Crippen MR) is 102 cm³/mol. The van der Waals surface area contributed by atoms with Gasteiger partial charge in [-0.05, 0) is 41.5 Å². The Kier molecular flexibility index (Phi) is 4.20. The number of phenols is 1. The lowest BCUT2D eigenvalue weighted by atomic mass is 9.80. The fourth-order valence-electron chi connectivity index (χ4n) is 3.56. The fourth-order valence-corrected chi connectivity index (χ4v) is 3.56. The molecule has 0 radical (unpaired) electrons. The van der Waals surface area contributed by atoms with Crippen molar-refractivity contribution in [2.75, 3.05) is 6.61 Å². The SMILES string of the molecule is CCOC(=O)C1=C(N)Oc2ccc3ccc(O)cc3c2C1c1ccccc1. The molecule has 27 heavy (non-hydrogen) atoms. The maximum absolute atomic E-state index is 12.7. The van der Waals surface area contributed by atoms with Gasteiger partial charge >= 0.3 is 5.97 Å². The Bertz CT molecular complexity index is 1060. The van der Waals surface area contributed by atoms with Crippen molar-refractivity contribution in [2.45, 2.75) is 12.8 Å². The Morgan fingerprint density at radius 1 is 1.15 bits per heavy atom. The molecule has 1 aliphatic heterocycles. The largest absolute Gasteiger partial charge is 0.508 e. The summed E-state index contributed by atoms with van der Waals surface area (Å²) in [6, 6.07) is 18.5. The summed E-state index contributed by atoms with van der Waals surface area (Å²) in [5.41, 5.74) is 8.08. The first kappa shape index (κ1) is 17.0. The second-order valence-electron chi connectivity index (χ2n) is 6.33. The van der Waals surface area contributed by atoms with E-state index in [1.807, 2.05) is 48.5 Å². The second-order valence-corrected chi connectivity index (χ2v) is 6.33. The van der Waals surface area contributed by atoms with Crippen molar-refractivity contribution < 1.29 is 19.4 Å². The van der Waals surface area contributed by atoms with Crippen LogP contribution in [0.2, 0.25) is 0 Å². The van der Waals surface area contributed by atoms with Crippen LogP contribution in [0.5, 0.6) is 11.5 Å². The number of aromatic hydroxyl groups is 1. The van der Waals surface area contributed by atoms with E-state index in [0.717, 1.165) is 21.9 Å². The van der Waals surface area contributed by atoms with Crippen LogP contribution in [0.25, 0.3) is 10.8 Å². The van der Waals surface area contributed by atoms with Gasteiger partial charge < -0.3 is 20.3 Å². The van der Waals surface area contributed by atoms with E-state index in [-0.39, 0.29) is 23.8 Å². The van der Waals surface area contributed by atoms with Crippen LogP contribution in [0.15, 0.2) is 72.1 Å². The van der Waals surface area contributed by atoms with Gasteiger partial charge in [0, 0.05) is 5.56 Å². The van der Waals surface area contributed by atoms with E-state index in [1.165, 1.54) is 0 Å². The molecule has 0 bridgehead atoms. The van der Waals surface area contributed by atoms with Crippen LogP contribution in [-0.2, 0) is 9.53 Å². The van der Waals surface area contributed by atoms with Crippen LogP contribution in [0.1, 0.15) is 24.0 Å². The average molecular weight is 361 g/mol. The molecule has 0 fully saturated rings. The number of benzene rings is 3. The molecule has 136 valence electrons. The predicted octanol–water partition coefficient (Wildman–Crippen LogP) is 3.80. The van der Waals surface area contributed by atoms with Crippen molar-refractivity contribution in [1.29, 1.82) is 0 Å². The Morgan fingerprint density at radius 3 is 2.63 bits per heavy atom. The minimum absolute atomic E-state index is 0.0364. The summed E-state index contributed by atoms with van der Waals surface area (Å²) < 4.78 is 11.0. The first-order valence-corrected chi connectivity index (χ1v) is 8.75. The highest BCUT2D eigenvalue weighted by Gasteiger charge is 2.36. The van der Waals surface area contributed by atoms with E-state index in [0.29, 0.717) is 5.75 Å². The van der Waals surface area contributed by atoms with Gasteiger partial charge in [-0.3, -0.25) is 0 Å². The molecule has 1 heterocycles. The quantitative estimate of drug-likeness (QED) is 0.694. The van der Waals surface area contributed by atoms with Crippen LogP contribution in [0, 0.1) is 0 Å². The van der Waals surface area contributed by atoms with Gasteiger partial charge in [-0.1, -0.05) is 42.5 Å². The van der Waals surface area contributed by atoms with Crippen molar-refractivity contribution in [2.24, 2.45) is 5.73 Å². The van der Waals surface area contributed by atoms with Gasteiger partial charge in [0.2, 0.25) is 5.88 Å². The zero-order valence-electron chi connectivity index (χ0n) is 14.8. The summed E-state index contributed by atoms with van der Waals surface area (Å²) in [6.45, 7) is 1.98. The van der Waals surface area contributed by atoms with Crippen LogP contribution < -0.4 is 10.5 Å². The van der Waals surface area contributed by atoms with Crippen LogP contribution in [-0.4, -0.2) is 17.7 Å². The smallest absolute Gasteiger partial charge is 0.340 e. The summed E-state index contributed by atoms with van der Waals surface area (Å²) >= 11 is 0. The van der Waals surface area contributed by atoms with E-state index in [2.05, 4.69) is 0 Å². The Balaban J connectivity index is 2.03. The Morgan fingerprint density at radius 2 is 1.89 bits per heavy atom. The van der Waals surface area contributed by atoms with Crippen molar-refractivity contribution >= 4 is 16.7 Å². The van der Waals surface area contributed by atoms with Gasteiger partial charge in [-0.15, -0.1) is 0 Å². The molecule has 0 saturated carbocycles. The molecule has 0 aromatic heterocycles. The molecule has 3 aromatic carbocycles. The Hall–Kier alpha value is -3.47. The van der Waals surface area contributed by atoms with E-state index < -0.39 is 11.9 Å². The molecule has 0 spiro atoms. The highest BCUT2D eigenvalue weighted by Crippen LogP contribution is 2.46. The number of rotatable bonds is 3. The molecule has 5 heteroatoms. The fraction of sp³-hybridized carbons (Fsp3) is 0.136. The molecule has 1 unspecified atom stereocenters. The molecule has 1 aliphatic rings. The van der Waals surface area contributed by atoms with Gasteiger partial charge in [0.25, 0.3) is 0 Å². The molecule has 5 nitrogen and oxygen atoms in total. The first-order valence-electron chi connectivity index (χ1n) is 8.75. The third-order valence-electron chi connectivity index (χ3n) is 4.70. The Labute approximate surface area is 156 Å². The summed E-state index contributed by atoms with van der Waals surface area (Å²) in [5.74, 6) is -0.226. The van der Waals surface area contributed by atoms with E-state index in [1.54, 1.807) is 19.1 Å². The first-order chi connectivity index (χ1) is 13.1. The van der Waals surface area contributed by atoms with E-state index in [9.17, 15) is 9.90 Å². The molecule has 0 aliphatic carbocycles. The van der Waals surface area contributed by atoms with Crippen molar-refractivity contribution in [3.63, 3.8) is 0 Å². The summed E-state index contributed by atoms with van der Waals surface area (Å²) in [7, 11) is 0. The number of ether oxygens (including phenoxy) is 2. The minimum Gasteiger partial charge on any atom is -0.508 e. The minimum atomic E-state index is -0.508. The topological polar surface area (TPSA) is 81.8 Å². The standard InChI is InChI=1S/C22H19NO4/c1-2-26-22(25)20-18(14-6-4-3-5-7-14)19-16-12-15(24)10-8-13(16)9-11-17(19)27-21(20)23/h3-12,18,24H,2,23H2,1H3.